The molecule has 122 valence electrons. The molecule has 0 saturated carbocycles. The monoisotopic (exact) mass is 315 g/mol. The van der Waals surface area contributed by atoms with E-state index in [1.54, 1.807) is 6.07 Å². The Labute approximate surface area is 134 Å². The van der Waals surface area contributed by atoms with Crippen LogP contribution in [0.1, 0.15) is 41.8 Å². The molecule has 0 amide bonds. The molecule has 2 rings (SSSR count). The summed E-state index contributed by atoms with van der Waals surface area (Å²) >= 11 is 0. The molecule has 0 unspecified atom stereocenters. The average molecular weight is 315 g/mol. The highest BCUT2D eigenvalue weighted by Crippen LogP contribution is 2.17. The van der Waals surface area contributed by atoms with Gasteiger partial charge in [-0.05, 0) is 46.2 Å². The molecule has 0 saturated heterocycles. The van der Waals surface area contributed by atoms with Crippen molar-refractivity contribution in [3.8, 4) is 0 Å². The maximum atomic E-state index is 10.5. The lowest BCUT2D eigenvalue weighted by Crippen LogP contribution is -2.22. The van der Waals surface area contributed by atoms with Gasteiger partial charge in [0.2, 0.25) is 5.95 Å². The summed E-state index contributed by atoms with van der Waals surface area (Å²) in [4.78, 5) is 19.0. The van der Waals surface area contributed by atoms with Gasteiger partial charge in [0.05, 0.1) is 5.71 Å². The lowest BCUT2D eigenvalue weighted by molar-refractivity contribution is -0.305. The van der Waals surface area contributed by atoms with E-state index in [9.17, 15) is 9.90 Å². The number of furan rings is 1. The molecule has 0 aliphatic rings. The Morgan fingerprint density at radius 1 is 1.26 bits per heavy atom. The summed E-state index contributed by atoms with van der Waals surface area (Å²) in [6, 6.07) is 3.67. The second kappa shape index (κ2) is 7.04. The summed E-state index contributed by atoms with van der Waals surface area (Å²) in [6.45, 7) is 7.42. The van der Waals surface area contributed by atoms with Crippen molar-refractivity contribution in [1.29, 1.82) is 0 Å². The van der Waals surface area contributed by atoms with Crippen LogP contribution in [0.5, 0.6) is 0 Å². The van der Waals surface area contributed by atoms with E-state index in [1.807, 2.05) is 33.8 Å². The molecule has 0 radical (unpaired) electrons. The van der Waals surface area contributed by atoms with Gasteiger partial charge in [-0.25, -0.2) is 15.4 Å². The van der Waals surface area contributed by atoms with Crippen LogP contribution in [-0.4, -0.2) is 21.6 Å². The predicted octanol–water partition coefficient (Wildman–Crippen LogP) is 1.51. The van der Waals surface area contributed by atoms with Gasteiger partial charge in [0.1, 0.15) is 11.5 Å². The van der Waals surface area contributed by atoms with E-state index in [1.165, 1.54) is 0 Å². The van der Waals surface area contributed by atoms with Gasteiger partial charge in [0, 0.05) is 29.3 Å². The van der Waals surface area contributed by atoms with Crippen LogP contribution in [0.3, 0.4) is 0 Å². The number of carbonyl (C=O) groups is 1. The molecule has 1 N–H and O–H groups in total. The Morgan fingerprint density at radius 2 is 1.91 bits per heavy atom. The van der Waals surface area contributed by atoms with Gasteiger partial charge in [-0.3, -0.25) is 0 Å². The van der Waals surface area contributed by atoms with Crippen molar-refractivity contribution in [2.75, 3.05) is 5.43 Å². The van der Waals surface area contributed by atoms with Gasteiger partial charge in [0.25, 0.3) is 0 Å². The Balaban J connectivity index is 2.12. The van der Waals surface area contributed by atoms with Crippen molar-refractivity contribution in [2.24, 2.45) is 5.10 Å². The first-order valence-corrected chi connectivity index (χ1v) is 7.27. The van der Waals surface area contributed by atoms with E-state index in [0.717, 1.165) is 17.0 Å². The minimum absolute atomic E-state index is 0.0722. The molecular formula is C16H19N4O3-. The largest absolute Gasteiger partial charge is 0.550 e. The fourth-order valence-electron chi connectivity index (χ4n) is 2.22. The Morgan fingerprint density at radius 3 is 2.52 bits per heavy atom. The standard InChI is InChI=1S/C16H20N4O3/c1-9-7-10(2)18-16(17-9)20-19-11(3)14-8-13(23-12(14)4)5-6-15(21)22/h7-8H,5-6H2,1-4H3,(H,21,22)(H,17,18,20)/p-1/b19-11-. The molecule has 0 aromatic carbocycles. The van der Waals surface area contributed by atoms with Gasteiger partial charge in [0.15, 0.2) is 0 Å². The summed E-state index contributed by atoms with van der Waals surface area (Å²) in [5.74, 6) is 0.612. The van der Waals surface area contributed by atoms with Crippen molar-refractivity contribution in [2.45, 2.75) is 40.5 Å². The molecule has 0 bridgehead atoms. The third-order valence-corrected chi connectivity index (χ3v) is 3.24. The normalized spacial score (nSPS) is 11.6. The van der Waals surface area contributed by atoms with Crippen LogP contribution in [0.15, 0.2) is 21.7 Å². The fraction of sp³-hybridized carbons (Fsp3) is 0.375. The summed E-state index contributed by atoms with van der Waals surface area (Å²) in [7, 11) is 0. The minimum Gasteiger partial charge on any atom is -0.550 e. The van der Waals surface area contributed by atoms with Crippen LogP contribution < -0.4 is 10.5 Å². The molecule has 2 aromatic heterocycles. The highest BCUT2D eigenvalue weighted by molar-refractivity contribution is 6.00. The number of nitrogens with one attached hydrogen (secondary N) is 1. The fourth-order valence-corrected chi connectivity index (χ4v) is 2.22. The molecule has 0 aliphatic heterocycles. The number of anilines is 1. The van der Waals surface area contributed by atoms with Crippen LogP contribution in [0.2, 0.25) is 0 Å². The predicted molar refractivity (Wildman–Crippen MR) is 84.1 cm³/mol. The summed E-state index contributed by atoms with van der Waals surface area (Å²) < 4.78 is 5.55. The van der Waals surface area contributed by atoms with Crippen LogP contribution in [0.4, 0.5) is 5.95 Å². The van der Waals surface area contributed by atoms with E-state index in [-0.39, 0.29) is 6.42 Å². The van der Waals surface area contributed by atoms with E-state index in [2.05, 4.69) is 20.5 Å². The number of aromatic nitrogens is 2. The molecule has 0 atom stereocenters. The first-order valence-electron chi connectivity index (χ1n) is 7.27. The molecule has 7 heteroatoms. The molecule has 23 heavy (non-hydrogen) atoms. The first kappa shape index (κ1) is 16.7. The lowest BCUT2D eigenvalue weighted by Gasteiger charge is -2.03. The highest BCUT2D eigenvalue weighted by atomic mass is 16.4. The van der Waals surface area contributed by atoms with Crippen LogP contribution in [0.25, 0.3) is 0 Å². The number of aliphatic carboxylic acids is 1. The smallest absolute Gasteiger partial charge is 0.243 e. The van der Waals surface area contributed by atoms with Gasteiger partial charge < -0.3 is 14.3 Å². The second-order valence-electron chi connectivity index (χ2n) is 5.34. The zero-order chi connectivity index (χ0) is 17.0. The van der Waals surface area contributed by atoms with Crippen LogP contribution in [0, 0.1) is 20.8 Å². The van der Waals surface area contributed by atoms with Crippen LogP contribution in [-0.2, 0) is 11.2 Å². The zero-order valence-corrected chi connectivity index (χ0v) is 13.6. The molecule has 0 aliphatic carbocycles. The Bertz CT molecular complexity index is 730. The van der Waals surface area contributed by atoms with Crippen molar-refractivity contribution in [3.63, 3.8) is 0 Å². The molecule has 2 aromatic rings. The highest BCUT2D eigenvalue weighted by Gasteiger charge is 2.10. The number of aryl methyl sites for hydroxylation is 4. The van der Waals surface area contributed by atoms with Gasteiger partial charge in [-0.15, -0.1) is 0 Å². The van der Waals surface area contributed by atoms with E-state index in [0.29, 0.717) is 29.6 Å². The minimum atomic E-state index is -1.10. The average Bonchev–Trinajstić information content (AvgIpc) is 2.83. The number of nitrogens with zero attached hydrogens (tertiary/aromatic N) is 3. The topological polar surface area (TPSA) is 103 Å². The van der Waals surface area contributed by atoms with Gasteiger partial charge in [-0.1, -0.05) is 0 Å². The SMILES string of the molecule is C/C(=N/Nc1nc(C)cc(C)n1)c1cc(CCC(=O)[O-])oc1C. The van der Waals surface area contributed by atoms with Crippen molar-refractivity contribution < 1.29 is 14.3 Å². The maximum absolute atomic E-state index is 10.5. The number of carboxylic acid groups (broad SMARTS) is 1. The van der Waals surface area contributed by atoms with Crippen molar-refractivity contribution in [1.82, 2.24) is 9.97 Å². The number of carboxylic acids is 1. The molecule has 0 fully saturated rings. The van der Waals surface area contributed by atoms with Crippen molar-refractivity contribution >= 4 is 17.6 Å². The number of hydrazone groups is 1. The Hall–Kier alpha value is -2.70. The van der Waals surface area contributed by atoms with Crippen LogP contribution >= 0.6 is 0 Å². The third-order valence-electron chi connectivity index (χ3n) is 3.24. The third kappa shape index (κ3) is 4.64. The van der Waals surface area contributed by atoms with E-state index in [4.69, 9.17) is 4.42 Å². The summed E-state index contributed by atoms with van der Waals surface area (Å²) in [5, 5.41) is 14.8. The van der Waals surface area contributed by atoms with Gasteiger partial charge >= 0.3 is 0 Å². The molecule has 0 spiro atoms. The molecule has 7 nitrogen and oxygen atoms in total. The van der Waals surface area contributed by atoms with E-state index < -0.39 is 5.97 Å². The summed E-state index contributed by atoms with van der Waals surface area (Å²) in [5.41, 5.74) is 6.07. The van der Waals surface area contributed by atoms with Crippen molar-refractivity contribution in [3.05, 3.63) is 40.6 Å². The zero-order valence-electron chi connectivity index (χ0n) is 13.6. The quantitative estimate of drug-likeness (QED) is 0.640. The van der Waals surface area contributed by atoms with E-state index >= 15 is 0 Å². The number of carbonyl (C=O) groups excluding carboxylic acids is 1. The first-order chi connectivity index (χ1) is 10.8. The molecule has 2 heterocycles. The number of rotatable bonds is 6. The Kier molecular flexibility index (Phi) is 5.10. The van der Waals surface area contributed by atoms with Gasteiger partial charge in [-0.2, -0.15) is 5.10 Å². The molecular weight excluding hydrogens is 296 g/mol. The number of hydrogen-bond donors (Lipinski definition) is 1. The maximum Gasteiger partial charge on any atom is 0.243 e. The summed E-state index contributed by atoms with van der Waals surface area (Å²) in [6.07, 6.45) is 0.224. The lowest BCUT2D eigenvalue weighted by atomic mass is 10.1. The second-order valence-corrected chi connectivity index (χ2v) is 5.34. The number of hydrogen-bond acceptors (Lipinski definition) is 7.